The molecule has 0 aromatic carbocycles. The molecule has 5 rings (SSSR count). The van der Waals surface area contributed by atoms with Gasteiger partial charge < -0.3 is 4.90 Å². The number of rotatable bonds is 4. The van der Waals surface area contributed by atoms with Crippen molar-refractivity contribution in [1.29, 1.82) is 0 Å². The zero-order valence-corrected chi connectivity index (χ0v) is 16.4. The highest BCUT2D eigenvalue weighted by Gasteiger charge is 2.23. The smallest absolute Gasteiger partial charge is 0.266 e. The van der Waals surface area contributed by atoms with Crippen molar-refractivity contribution in [3.63, 3.8) is 0 Å². The molecule has 1 fully saturated rings. The quantitative estimate of drug-likeness (QED) is 0.521. The number of anilines is 1. The Labute approximate surface area is 173 Å². The Morgan fingerprint density at radius 1 is 0.933 bits per heavy atom. The summed E-state index contributed by atoms with van der Waals surface area (Å²) in [5, 5.41) is 5.56. The summed E-state index contributed by atoms with van der Waals surface area (Å²) < 4.78 is 1.60. The summed E-state index contributed by atoms with van der Waals surface area (Å²) in [6.45, 7) is 2.38. The number of fused-ring (bicyclic) bond motifs is 1. The normalized spacial score (nSPS) is 14.9. The minimum Gasteiger partial charge on any atom is -0.356 e. The average molecular weight is 399 g/mol. The zero-order chi connectivity index (χ0) is 20.3. The second kappa shape index (κ2) is 7.98. The molecule has 0 spiro atoms. The molecule has 8 nitrogen and oxygen atoms in total. The molecule has 0 unspecified atom stereocenters. The number of pyridine rings is 2. The third-order valence-electron chi connectivity index (χ3n) is 5.58. The second-order valence-electron chi connectivity index (χ2n) is 7.48. The highest BCUT2D eigenvalue weighted by Crippen LogP contribution is 2.27. The van der Waals surface area contributed by atoms with Crippen molar-refractivity contribution < 1.29 is 0 Å². The lowest BCUT2D eigenvalue weighted by Gasteiger charge is -2.33. The number of hydrogen-bond acceptors (Lipinski definition) is 7. The van der Waals surface area contributed by atoms with E-state index in [0.29, 0.717) is 18.1 Å². The first-order valence-corrected chi connectivity index (χ1v) is 10.1. The molecule has 5 heterocycles. The summed E-state index contributed by atoms with van der Waals surface area (Å²) in [6, 6.07) is 11.1. The summed E-state index contributed by atoms with van der Waals surface area (Å²) in [4.78, 5) is 31.8. The molecule has 1 aliphatic rings. The third-order valence-corrected chi connectivity index (χ3v) is 5.58. The molecule has 4 aromatic rings. The van der Waals surface area contributed by atoms with Crippen LogP contribution in [0.1, 0.15) is 12.8 Å². The summed E-state index contributed by atoms with van der Waals surface area (Å²) in [5.41, 5.74) is 2.39. The summed E-state index contributed by atoms with van der Waals surface area (Å²) in [5.74, 6) is 1.33. The Morgan fingerprint density at radius 2 is 1.77 bits per heavy atom. The van der Waals surface area contributed by atoms with Crippen molar-refractivity contribution >= 4 is 16.9 Å². The van der Waals surface area contributed by atoms with E-state index in [1.807, 2.05) is 24.3 Å². The molecular formula is C22H21N7O. The van der Waals surface area contributed by atoms with Gasteiger partial charge in [0.05, 0.1) is 11.1 Å². The monoisotopic (exact) mass is 399 g/mol. The summed E-state index contributed by atoms with van der Waals surface area (Å²) in [6.07, 6.45) is 8.72. The van der Waals surface area contributed by atoms with Gasteiger partial charge in [-0.25, -0.2) is 19.6 Å². The first-order valence-electron chi connectivity index (χ1n) is 10.1. The fourth-order valence-electron chi connectivity index (χ4n) is 3.96. The van der Waals surface area contributed by atoms with Gasteiger partial charge in [-0.2, -0.15) is 5.10 Å². The van der Waals surface area contributed by atoms with Gasteiger partial charge >= 0.3 is 0 Å². The molecule has 0 bridgehead atoms. The van der Waals surface area contributed by atoms with Crippen LogP contribution in [0.3, 0.4) is 0 Å². The Morgan fingerprint density at radius 3 is 2.60 bits per heavy atom. The minimum atomic E-state index is -0.0666. The molecule has 0 radical (unpaired) electrons. The van der Waals surface area contributed by atoms with E-state index in [-0.39, 0.29) is 5.56 Å². The van der Waals surface area contributed by atoms with Crippen LogP contribution >= 0.6 is 0 Å². The van der Waals surface area contributed by atoms with Crippen molar-refractivity contribution in [2.75, 3.05) is 18.0 Å². The Balaban J connectivity index is 1.30. The van der Waals surface area contributed by atoms with E-state index < -0.39 is 0 Å². The lowest BCUT2D eigenvalue weighted by atomic mass is 9.96. The average Bonchev–Trinajstić information content (AvgIpc) is 2.81. The highest BCUT2D eigenvalue weighted by molar-refractivity contribution is 5.86. The summed E-state index contributed by atoms with van der Waals surface area (Å²) in [7, 11) is 0. The van der Waals surface area contributed by atoms with E-state index in [1.54, 1.807) is 41.7 Å². The fraction of sp³-hybridized carbons (Fsp3) is 0.273. The molecular weight excluding hydrogens is 378 g/mol. The number of piperidine rings is 1. The maximum absolute atomic E-state index is 12.4. The van der Waals surface area contributed by atoms with Crippen molar-refractivity contribution in [2.45, 2.75) is 19.4 Å². The van der Waals surface area contributed by atoms with E-state index in [1.165, 1.54) is 0 Å². The lowest BCUT2D eigenvalue weighted by molar-refractivity contribution is 0.335. The molecule has 30 heavy (non-hydrogen) atoms. The van der Waals surface area contributed by atoms with Gasteiger partial charge in [-0.3, -0.25) is 9.78 Å². The molecule has 150 valence electrons. The molecule has 8 heteroatoms. The van der Waals surface area contributed by atoms with Crippen LogP contribution in [-0.4, -0.2) is 42.8 Å². The fourth-order valence-corrected chi connectivity index (χ4v) is 3.96. The maximum Gasteiger partial charge on any atom is 0.266 e. The van der Waals surface area contributed by atoms with Gasteiger partial charge in [-0.1, -0.05) is 0 Å². The van der Waals surface area contributed by atoms with Gasteiger partial charge in [0.1, 0.15) is 12.1 Å². The van der Waals surface area contributed by atoms with Crippen LogP contribution in [0.25, 0.3) is 22.3 Å². The standard InChI is InChI=1S/C22H21N7O/c30-20-4-3-19(17-5-10-23-11-6-17)27-29(20)14-16-7-12-28(13-8-16)22-18-2-1-9-24-21(18)25-15-26-22/h1-6,9-11,15-16H,7-8,12-14H2. The SMILES string of the molecule is O=c1ccc(-c2ccncc2)nn1CC1CCN(c2ncnc3ncccc23)CC1. The van der Waals surface area contributed by atoms with E-state index >= 15 is 0 Å². The van der Waals surface area contributed by atoms with Gasteiger partial charge in [0, 0.05) is 49.9 Å². The third kappa shape index (κ3) is 3.63. The number of aromatic nitrogens is 6. The van der Waals surface area contributed by atoms with Gasteiger partial charge in [0.2, 0.25) is 0 Å². The van der Waals surface area contributed by atoms with Crippen LogP contribution in [0.2, 0.25) is 0 Å². The van der Waals surface area contributed by atoms with Crippen LogP contribution in [-0.2, 0) is 6.54 Å². The van der Waals surface area contributed by atoms with E-state index in [4.69, 9.17) is 0 Å². The molecule has 0 atom stereocenters. The minimum absolute atomic E-state index is 0.0666. The Kier molecular flexibility index (Phi) is 4.88. The van der Waals surface area contributed by atoms with Crippen molar-refractivity contribution in [3.8, 4) is 11.3 Å². The van der Waals surface area contributed by atoms with Crippen LogP contribution < -0.4 is 10.5 Å². The first-order chi connectivity index (χ1) is 14.8. The number of hydrogen-bond donors (Lipinski definition) is 0. The van der Waals surface area contributed by atoms with Gasteiger partial charge in [0.25, 0.3) is 5.56 Å². The molecule has 1 saturated heterocycles. The van der Waals surface area contributed by atoms with Crippen LogP contribution in [0.5, 0.6) is 0 Å². The van der Waals surface area contributed by atoms with E-state index in [9.17, 15) is 4.79 Å². The van der Waals surface area contributed by atoms with E-state index in [0.717, 1.165) is 48.4 Å². The summed E-state index contributed by atoms with van der Waals surface area (Å²) >= 11 is 0. The first kappa shape index (κ1) is 18.4. The van der Waals surface area contributed by atoms with Crippen molar-refractivity contribution in [1.82, 2.24) is 29.7 Å². The Bertz CT molecular complexity index is 1210. The topological polar surface area (TPSA) is 89.7 Å². The zero-order valence-electron chi connectivity index (χ0n) is 16.4. The molecule has 0 amide bonds. The van der Waals surface area contributed by atoms with Gasteiger partial charge in [0.15, 0.2) is 5.65 Å². The van der Waals surface area contributed by atoms with Crippen LogP contribution in [0.4, 0.5) is 5.82 Å². The van der Waals surface area contributed by atoms with Gasteiger partial charge in [-0.05, 0) is 49.1 Å². The van der Waals surface area contributed by atoms with Crippen LogP contribution in [0.15, 0.2) is 66.1 Å². The highest BCUT2D eigenvalue weighted by atomic mass is 16.1. The molecule has 0 saturated carbocycles. The molecule has 4 aromatic heterocycles. The predicted molar refractivity (Wildman–Crippen MR) is 114 cm³/mol. The van der Waals surface area contributed by atoms with Crippen molar-refractivity contribution in [3.05, 3.63) is 71.7 Å². The second-order valence-corrected chi connectivity index (χ2v) is 7.48. The van der Waals surface area contributed by atoms with Crippen molar-refractivity contribution in [2.24, 2.45) is 5.92 Å². The van der Waals surface area contributed by atoms with Crippen LogP contribution in [0, 0.1) is 5.92 Å². The van der Waals surface area contributed by atoms with Gasteiger partial charge in [-0.15, -0.1) is 0 Å². The Hall–Kier alpha value is -3.68. The molecule has 0 N–H and O–H groups in total. The molecule has 1 aliphatic heterocycles. The number of nitrogens with zero attached hydrogens (tertiary/aromatic N) is 7. The van der Waals surface area contributed by atoms with E-state index in [2.05, 4.69) is 29.9 Å². The molecule has 0 aliphatic carbocycles. The largest absolute Gasteiger partial charge is 0.356 e. The predicted octanol–water partition coefficient (Wildman–Crippen LogP) is 2.56. The maximum atomic E-state index is 12.4. The lowest BCUT2D eigenvalue weighted by Crippen LogP contribution is -2.37.